The standard InChI is InChI=1S/C19H20F3NO6/c1-9-12(16(24)25)13(10-7-5-6-8-11(10)19(20,21)22)14(17(26)27-2)15(23-9)18(28-3)29-4/h5-8,13,18,23H,1-4H3,(H,24,25). The van der Waals surface area contributed by atoms with E-state index in [-0.39, 0.29) is 17.0 Å². The fourth-order valence-electron chi connectivity index (χ4n) is 3.31. The lowest BCUT2D eigenvalue weighted by Crippen LogP contribution is -2.38. The van der Waals surface area contributed by atoms with E-state index in [0.717, 1.165) is 19.2 Å². The molecular formula is C19H20F3NO6. The fourth-order valence-corrected chi connectivity index (χ4v) is 3.31. The fraction of sp³-hybridized carbons (Fsp3) is 0.368. The van der Waals surface area contributed by atoms with Gasteiger partial charge in [0.25, 0.3) is 0 Å². The monoisotopic (exact) mass is 415 g/mol. The van der Waals surface area contributed by atoms with Crippen LogP contribution in [0.15, 0.2) is 46.8 Å². The number of rotatable bonds is 6. The quantitative estimate of drug-likeness (QED) is 0.545. The van der Waals surface area contributed by atoms with E-state index < -0.39 is 47.0 Å². The van der Waals surface area contributed by atoms with E-state index in [1.165, 1.54) is 33.3 Å². The van der Waals surface area contributed by atoms with Crippen LogP contribution in [0.2, 0.25) is 0 Å². The summed E-state index contributed by atoms with van der Waals surface area (Å²) in [5, 5.41) is 12.4. The van der Waals surface area contributed by atoms with Gasteiger partial charge >= 0.3 is 18.1 Å². The normalized spacial score (nSPS) is 17.4. The van der Waals surface area contributed by atoms with Crippen molar-refractivity contribution in [2.75, 3.05) is 21.3 Å². The number of alkyl halides is 3. The molecule has 0 bridgehead atoms. The van der Waals surface area contributed by atoms with Crippen molar-refractivity contribution in [3.63, 3.8) is 0 Å². The Labute approximate surface area is 164 Å². The Balaban J connectivity index is 2.92. The number of carbonyl (C=O) groups is 2. The number of carboxylic acids is 1. The highest BCUT2D eigenvalue weighted by Crippen LogP contribution is 2.44. The van der Waals surface area contributed by atoms with E-state index in [1.54, 1.807) is 0 Å². The van der Waals surface area contributed by atoms with E-state index in [4.69, 9.17) is 14.2 Å². The highest BCUT2D eigenvalue weighted by atomic mass is 19.4. The molecule has 0 radical (unpaired) electrons. The average Bonchev–Trinajstić information content (AvgIpc) is 2.66. The van der Waals surface area contributed by atoms with Crippen LogP contribution in [-0.4, -0.2) is 44.7 Å². The summed E-state index contributed by atoms with van der Waals surface area (Å²) in [6, 6.07) is 4.47. The van der Waals surface area contributed by atoms with E-state index in [0.29, 0.717) is 0 Å². The highest BCUT2D eigenvalue weighted by Gasteiger charge is 2.44. The molecule has 1 atom stereocenters. The largest absolute Gasteiger partial charge is 0.478 e. The maximum Gasteiger partial charge on any atom is 0.416 e. The SMILES string of the molecule is COC(=O)C1=C(C(OC)OC)NC(C)=C(C(=O)O)C1c1ccccc1C(F)(F)F. The molecule has 0 saturated heterocycles. The summed E-state index contributed by atoms with van der Waals surface area (Å²) >= 11 is 0. The van der Waals surface area contributed by atoms with Crippen LogP contribution in [0.25, 0.3) is 0 Å². The number of carbonyl (C=O) groups excluding carboxylic acids is 1. The molecule has 29 heavy (non-hydrogen) atoms. The van der Waals surface area contributed by atoms with E-state index in [9.17, 15) is 27.9 Å². The molecule has 0 amide bonds. The molecule has 2 rings (SSSR count). The molecule has 0 fully saturated rings. The summed E-state index contributed by atoms with van der Waals surface area (Å²) in [4.78, 5) is 24.6. The summed E-state index contributed by atoms with van der Waals surface area (Å²) in [5.74, 6) is -4.06. The number of aliphatic carboxylic acids is 1. The van der Waals surface area contributed by atoms with E-state index in [2.05, 4.69) is 5.32 Å². The van der Waals surface area contributed by atoms with Gasteiger partial charge in [0, 0.05) is 19.9 Å². The molecule has 0 saturated carbocycles. The predicted molar refractivity (Wildman–Crippen MR) is 94.5 cm³/mol. The maximum absolute atomic E-state index is 13.7. The third kappa shape index (κ3) is 4.28. The zero-order valence-electron chi connectivity index (χ0n) is 16.1. The molecule has 7 nitrogen and oxygen atoms in total. The second-order valence-electron chi connectivity index (χ2n) is 6.11. The molecule has 1 aliphatic heterocycles. The zero-order valence-corrected chi connectivity index (χ0v) is 16.1. The number of nitrogens with one attached hydrogen (secondary N) is 1. The Morgan fingerprint density at radius 3 is 2.17 bits per heavy atom. The molecule has 0 spiro atoms. The second-order valence-corrected chi connectivity index (χ2v) is 6.11. The Morgan fingerprint density at radius 1 is 1.10 bits per heavy atom. The minimum absolute atomic E-state index is 0.0358. The maximum atomic E-state index is 13.7. The van der Waals surface area contributed by atoms with Gasteiger partial charge in [0.15, 0.2) is 6.29 Å². The number of allylic oxidation sites excluding steroid dienone is 1. The first kappa shape index (κ1) is 22.4. The second kappa shape index (κ2) is 8.66. The lowest BCUT2D eigenvalue weighted by atomic mass is 9.78. The Kier molecular flexibility index (Phi) is 6.70. The third-order valence-corrected chi connectivity index (χ3v) is 4.47. The summed E-state index contributed by atoms with van der Waals surface area (Å²) in [7, 11) is 3.57. The highest BCUT2D eigenvalue weighted by molar-refractivity contribution is 5.99. The molecule has 10 heteroatoms. The number of methoxy groups -OCH3 is 3. The number of carboxylic acid groups (broad SMARTS) is 1. The van der Waals surface area contributed by atoms with Gasteiger partial charge in [-0.1, -0.05) is 18.2 Å². The van der Waals surface area contributed by atoms with Crippen molar-refractivity contribution in [2.24, 2.45) is 0 Å². The lowest BCUT2D eigenvalue weighted by Gasteiger charge is -2.33. The molecule has 1 unspecified atom stereocenters. The first-order valence-electron chi connectivity index (χ1n) is 8.33. The van der Waals surface area contributed by atoms with Crippen LogP contribution in [0.4, 0.5) is 13.2 Å². The molecule has 1 aromatic carbocycles. The van der Waals surface area contributed by atoms with Gasteiger partial charge in [0.05, 0.1) is 35.4 Å². The number of hydrogen-bond acceptors (Lipinski definition) is 6. The van der Waals surface area contributed by atoms with Crippen LogP contribution in [0.3, 0.4) is 0 Å². The average molecular weight is 415 g/mol. The zero-order chi connectivity index (χ0) is 21.9. The molecular weight excluding hydrogens is 395 g/mol. The van der Waals surface area contributed by atoms with Gasteiger partial charge in [-0.05, 0) is 18.6 Å². The van der Waals surface area contributed by atoms with Crippen LogP contribution in [-0.2, 0) is 30.0 Å². The lowest BCUT2D eigenvalue weighted by molar-refractivity contribution is -0.140. The van der Waals surface area contributed by atoms with Gasteiger partial charge in [-0.15, -0.1) is 0 Å². The molecule has 0 aliphatic carbocycles. The molecule has 158 valence electrons. The number of ether oxygens (including phenoxy) is 3. The summed E-state index contributed by atoms with van der Waals surface area (Å²) < 4.78 is 56.0. The topological polar surface area (TPSA) is 94.1 Å². The van der Waals surface area contributed by atoms with Crippen molar-refractivity contribution < 1.29 is 42.1 Å². The number of benzene rings is 1. The predicted octanol–water partition coefficient (Wildman–Crippen LogP) is 2.80. The Hall–Kier alpha value is -2.85. The van der Waals surface area contributed by atoms with Crippen molar-refractivity contribution in [2.45, 2.75) is 25.3 Å². The smallest absolute Gasteiger partial charge is 0.416 e. The molecule has 1 heterocycles. The Bertz CT molecular complexity index is 871. The van der Waals surface area contributed by atoms with Crippen LogP contribution in [0, 0.1) is 0 Å². The number of halogens is 3. The molecule has 1 aromatic rings. The minimum Gasteiger partial charge on any atom is -0.478 e. The summed E-state index contributed by atoms with van der Waals surface area (Å²) in [6.07, 6.45) is -5.95. The molecule has 2 N–H and O–H groups in total. The summed E-state index contributed by atoms with van der Waals surface area (Å²) in [6.45, 7) is 1.38. The van der Waals surface area contributed by atoms with Crippen LogP contribution >= 0.6 is 0 Å². The van der Waals surface area contributed by atoms with Crippen molar-refractivity contribution in [1.82, 2.24) is 5.32 Å². The molecule has 1 aliphatic rings. The third-order valence-electron chi connectivity index (χ3n) is 4.47. The van der Waals surface area contributed by atoms with Gasteiger partial charge in [0.2, 0.25) is 0 Å². The van der Waals surface area contributed by atoms with E-state index >= 15 is 0 Å². The number of dihydropyridines is 1. The number of esters is 1. The van der Waals surface area contributed by atoms with Gasteiger partial charge in [-0.2, -0.15) is 13.2 Å². The van der Waals surface area contributed by atoms with Crippen molar-refractivity contribution in [3.05, 3.63) is 57.9 Å². The van der Waals surface area contributed by atoms with Gasteiger partial charge in [-0.3, -0.25) is 0 Å². The van der Waals surface area contributed by atoms with E-state index in [1.807, 2.05) is 0 Å². The minimum atomic E-state index is -4.78. The van der Waals surface area contributed by atoms with Crippen LogP contribution in [0.5, 0.6) is 0 Å². The first-order chi connectivity index (χ1) is 13.6. The molecule has 0 aromatic heterocycles. The van der Waals surface area contributed by atoms with Crippen molar-refractivity contribution in [1.29, 1.82) is 0 Å². The van der Waals surface area contributed by atoms with Gasteiger partial charge in [-0.25, -0.2) is 9.59 Å². The van der Waals surface area contributed by atoms with Crippen LogP contribution < -0.4 is 5.32 Å². The van der Waals surface area contributed by atoms with Crippen molar-refractivity contribution >= 4 is 11.9 Å². The van der Waals surface area contributed by atoms with Crippen LogP contribution in [0.1, 0.15) is 24.0 Å². The summed E-state index contributed by atoms with van der Waals surface area (Å²) in [5.41, 5.74) is -2.22. The van der Waals surface area contributed by atoms with Gasteiger partial charge in [0.1, 0.15) is 0 Å². The Morgan fingerprint density at radius 2 is 1.69 bits per heavy atom. The first-order valence-corrected chi connectivity index (χ1v) is 8.33. The number of hydrogen-bond donors (Lipinski definition) is 2. The van der Waals surface area contributed by atoms with Crippen molar-refractivity contribution in [3.8, 4) is 0 Å². The van der Waals surface area contributed by atoms with Gasteiger partial charge < -0.3 is 24.6 Å².